The third kappa shape index (κ3) is 2.46. The third-order valence-electron chi connectivity index (χ3n) is 3.00. The minimum absolute atomic E-state index is 0.177. The maximum Gasteiger partial charge on any atom is 0.143 e. The van der Waals surface area contributed by atoms with Crippen LogP contribution in [0.15, 0.2) is 0 Å². The summed E-state index contributed by atoms with van der Waals surface area (Å²) in [4.78, 5) is 0. The Morgan fingerprint density at radius 2 is 2.00 bits per heavy atom. The topological polar surface area (TPSA) is 39.9 Å². The molecule has 0 bridgehead atoms. The monoisotopic (exact) mass is 287 g/mol. The molecule has 2 rings (SSSR count). The van der Waals surface area contributed by atoms with Crippen LogP contribution in [0.2, 0.25) is 0 Å². The lowest BCUT2D eigenvalue weighted by molar-refractivity contribution is 0.0208. The SMILES string of the molecule is COC(C)(C)Cc1nnc(CBr)n1C1CC1. The van der Waals surface area contributed by atoms with Crippen molar-refractivity contribution < 1.29 is 4.74 Å². The fourth-order valence-corrected chi connectivity index (χ4v) is 2.16. The molecule has 0 saturated heterocycles. The molecule has 5 heteroatoms. The molecule has 1 saturated carbocycles. The lowest BCUT2D eigenvalue weighted by Crippen LogP contribution is -2.27. The van der Waals surface area contributed by atoms with Gasteiger partial charge < -0.3 is 9.30 Å². The van der Waals surface area contributed by atoms with Crippen LogP contribution in [0.3, 0.4) is 0 Å². The normalized spacial score (nSPS) is 16.8. The zero-order valence-electron chi connectivity index (χ0n) is 10.0. The molecular weight excluding hydrogens is 270 g/mol. The summed E-state index contributed by atoms with van der Waals surface area (Å²) >= 11 is 3.46. The van der Waals surface area contributed by atoms with Crippen LogP contribution in [-0.2, 0) is 16.5 Å². The number of hydrogen-bond acceptors (Lipinski definition) is 3. The van der Waals surface area contributed by atoms with Gasteiger partial charge in [-0.25, -0.2) is 0 Å². The summed E-state index contributed by atoms with van der Waals surface area (Å²) in [6.07, 6.45) is 3.30. The Bertz CT molecular complexity index is 371. The molecule has 1 aromatic heterocycles. The molecule has 4 nitrogen and oxygen atoms in total. The van der Waals surface area contributed by atoms with Gasteiger partial charge in [0.1, 0.15) is 11.6 Å². The van der Waals surface area contributed by atoms with Gasteiger partial charge in [0.15, 0.2) is 0 Å². The average Bonchev–Trinajstić information content (AvgIpc) is 3.01. The Hall–Kier alpha value is -0.420. The van der Waals surface area contributed by atoms with Crippen molar-refractivity contribution in [1.82, 2.24) is 14.8 Å². The van der Waals surface area contributed by atoms with Gasteiger partial charge in [-0.05, 0) is 26.7 Å². The third-order valence-corrected chi connectivity index (χ3v) is 3.51. The van der Waals surface area contributed by atoms with E-state index in [-0.39, 0.29) is 5.60 Å². The van der Waals surface area contributed by atoms with Crippen LogP contribution < -0.4 is 0 Å². The molecular formula is C11H18BrN3O. The van der Waals surface area contributed by atoms with Gasteiger partial charge in [-0.1, -0.05) is 15.9 Å². The van der Waals surface area contributed by atoms with E-state index in [9.17, 15) is 0 Å². The number of aromatic nitrogens is 3. The van der Waals surface area contributed by atoms with E-state index >= 15 is 0 Å². The Labute approximate surface area is 105 Å². The lowest BCUT2D eigenvalue weighted by Gasteiger charge is -2.22. The standard InChI is InChI=1S/C11H18BrN3O/c1-11(2,16-3)6-9-13-14-10(7-12)15(9)8-4-5-8/h8H,4-7H2,1-3H3. The number of rotatable bonds is 5. The summed E-state index contributed by atoms with van der Waals surface area (Å²) in [5.41, 5.74) is -0.177. The van der Waals surface area contributed by atoms with Gasteiger partial charge in [0.2, 0.25) is 0 Å². The Kier molecular flexibility index (Phi) is 3.35. The molecule has 1 aromatic rings. The molecule has 16 heavy (non-hydrogen) atoms. The van der Waals surface area contributed by atoms with Crippen molar-refractivity contribution in [2.45, 2.75) is 50.1 Å². The molecule has 1 heterocycles. The Morgan fingerprint density at radius 1 is 1.38 bits per heavy atom. The van der Waals surface area contributed by atoms with Gasteiger partial charge >= 0.3 is 0 Å². The largest absolute Gasteiger partial charge is 0.378 e. The van der Waals surface area contributed by atoms with E-state index in [4.69, 9.17) is 4.74 Å². The van der Waals surface area contributed by atoms with Gasteiger partial charge in [-0.15, -0.1) is 10.2 Å². The van der Waals surface area contributed by atoms with Crippen molar-refractivity contribution >= 4 is 15.9 Å². The van der Waals surface area contributed by atoms with E-state index in [1.807, 2.05) is 0 Å². The summed E-state index contributed by atoms with van der Waals surface area (Å²) in [6.45, 7) is 4.15. The van der Waals surface area contributed by atoms with Crippen molar-refractivity contribution in [3.05, 3.63) is 11.6 Å². The molecule has 0 radical (unpaired) electrons. The first kappa shape index (κ1) is 12.0. The number of hydrogen-bond donors (Lipinski definition) is 0. The van der Waals surface area contributed by atoms with Crippen LogP contribution in [0.4, 0.5) is 0 Å². The van der Waals surface area contributed by atoms with E-state index < -0.39 is 0 Å². The van der Waals surface area contributed by atoms with E-state index in [0.717, 1.165) is 23.4 Å². The van der Waals surface area contributed by atoms with Crippen LogP contribution >= 0.6 is 15.9 Å². The average molecular weight is 288 g/mol. The van der Waals surface area contributed by atoms with Gasteiger partial charge in [0.05, 0.1) is 10.9 Å². The predicted molar refractivity (Wildman–Crippen MR) is 65.7 cm³/mol. The van der Waals surface area contributed by atoms with Crippen molar-refractivity contribution in [2.24, 2.45) is 0 Å². The Morgan fingerprint density at radius 3 is 2.50 bits per heavy atom. The van der Waals surface area contributed by atoms with Crippen LogP contribution in [0, 0.1) is 0 Å². The second kappa shape index (κ2) is 4.45. The smallest absolute Gasteiger partial charge is 0.143 e. The number of ether oxygens (including phenoxy) is 1. The second-order valence-electron chi connectivity index (χ2n) is 4.91. The summed E-state index contributed by atoms with van der Waals surface area (Å²) in [5, 5.41) is 9.28. The molecule has 0 amide bonds. The summed E-state index contributed by atoms with van der Waals surface area (Å²) < 4.78 is 7.72. The second-order valence-corrected chi connectivity index (χ2v) is 5.47. The van der Waals surface area contributed by atoms with Crippen LogP contribution in [0.5, 0.6) is 0 Å². The number of nitrogens with zero attached hydrogens (tertiary/aromatic N) is 3. The number of halogens is 1. The van der Waals surface area contributed by atoms with Crippen LogP contribution in [-0.4, -0.2) is 27.5 Å². The predicted octanol–water partition coefficient (Wildman–Crippen LogP) is 2.48. The lowest BCUT2D eigenvalue weighted by atomic mass is 10.0. The maximum absolute atomic E-state index is 5.45. The van der Waals surface area contributed by atoms with E-state index in [1.165, 1.54) is 12.8 Å². The highest BCUT2D eigenvalue weighted by atomic mass is 79.9. The van der Waals surface area contributed by atoms with Crippen molar-refractivity contribution in [3.8, 4) is 0 Å². The molecule has 90 valence electrons. The number of methoxy groups -OCH3 is 1. The summed E-state index contributed by atoms with van der Waals surface area (Å²) in [5.74, 6) is 2.08. The van der Waals surface area contributed by atoms with Gasteiger partial charge in [0.25, 0.3) is 0 Å². The highest BCUT2D eigenvalue weighted by Gasteiger charge is 2.31. The van der Waals surface area contributed by atoms with Crippen molar-refractivity contribution in [3.63, 3.8) is 0 Å². The van der Waals surface area contributed by atoms with Crippen molar-refractivity contribution in [2.75, 3.05) is 7.11 Å². The van der Waals surface area contributed by atoms with Crippen molar-refractivity contribution in [1.29, 1.82) is 0 Å². The van der Waals surface area contributed by atoms with Crippen LogP contribution in [0.25, 0.3) is 0 Å². The first-order valence-corrected chi connectivity index (χ1v) is 6.73. The fraction of sp³-hybridized carbons (Fsp3) is 0.818. The molecule has 1 aliphatic rings. The minimum atomic E-state index is -0.177. The van der Waals surface area contributed by atoms with Gasteiger partial charge in [0, 0.05) is 19.6 Å². The maximum atomic E-state index is 5.45. The molecule has 0 aromatic carbocycles. The molecule has 1 fully saturated rings. The number of alkyl halides is 1. The molecule has 0 unspecified atom stereocenters. The summed E-state index contributed by atoms with van der Waals surface area (Å²) in [6, 6.07) is 0.616. The van der Waals surface area contributed by atoms with E-state index in [1.54, 1.807) is 7.11 Å². The summed E-state index contributed by atoms with van der Waals surface area (Å²) in [7, 11) is 1.74. The zero-order valence-corrected chi connectivity index (χ0v) is 11.6. The first-order valence-electron chi connectivity index (χ1n) is 5.61. The fourth-order valence-electron chi connectivity index (χ4n) is 1.78. The highest BCUT2D eigenvalue weighted by Crippen LogP contribution is 2.37. The van der Waals surface area contributed by atoms with E-state index in [2.05, 4.69) is 44.5 Å². The zero-order chi connectivity index (χ0) is 11.8. The van der Waals surface area contributed by atoms with Gasteiger partial charge in [-0.2, -0.15) is 0 Å². The highest BCUT2D eigenvalue weighted by molar-refractivity contribution is 9.08. The van der Waals surface area contributed by atoms with E-state index in [0.29, 0.717) is 6.04 Å². The molecule has 1 aliphatic carbocycles. The quantitative estimate of drug-likeness (QED) is 0.781. The van der Waals surface area contributed by atoms with Crippen LogP contribution in [0.1, 0.15) is 44.4 Å². The molecule has 0 N–H and O–H groups in total. The molecule has 0 spiro atoms. The van der Waals surface area contributed by atoms with Gasteiger partial charge in [-0.3, -0.25) is 0 Å². The minimum Gasteiger partial charge on any atom is -0.378 e. The Balaban J connectivity index is 2.23. The molecule has 0 aliphatic heterocycles. The molecule has 0 atom stereocenters. The first-order chi connectivity index (χ1) is 7.57.